The number of hydrogen-bond acceptors (Lipinski definition) is 7. The van der Waals surface area contributed by atoms with Crippen molar-refractivity contribution in [2.75, 3.05) is 6.61 Å². The van der Waals surface area contributed by atoms with Crippen LogP contribution in [0.15, 0.2) is 24.3 Å². The molecule has 0 saturated carbocycles. The van der Waals surface area contributed by atoms with Gasteiger partial charge in [0.1, 0.15) is 30.2 Å². The molecule has 0 aliphatic heterocycles. The van der Waals surface area contributed by atoms with Gasteiger partial charge in [-0.25, -0.2) is 0 Å². The second kappa shape index (κ2) is 7.53. The molecule has 1 aromatic rings. The molecule has 0 radical (unpaired) electrons. The van der Waals surface area contributed by atoms with E-state index in [1.807, 2.05) is 0 Å². The van der Waals surface area contributed by atoms with Crippen LogP contribution in [0.25, 0.3) is 0 Å². The van der Waals surface area contributed by atoms with Crippen LogP contribution >= 0.6 is 0 Å². The van der Waals surface area contributed by atoms with Gasteiger partial charge in [-0.05, 0) is 11.6 Å². The van der Waals surface area contributed by atoms with Crippen molar-refractivity contribution in [1.82, 2.24) is 0 Å². The lowest BCUT2D eigenvalue weighted by molar-refractivity contribution is -0.139. The van der Waals surface area contributed by atoms with Crippen molar-refractivity contribution in [2.24, 2.45) is 0 Å². The number of rotatable bonds is 7. The van der Waals surface area contributed by atoms with E-state index in [-0.39, 0.29) is 12.2 Å². The van der Waals surface area contributed by atoms with E-state index in [9.17, 15) is 25.5 Å². The zero-order valence-corrected chi connectivity index (χ0v) is 10.7. The van der Waals surface area contributed by atoms with Crippen LogP contribution in [0.3, 0.4) is 0 Å². The average molecular weight is 288 g/mol. The summed E-state index contributed by atoms with van der Waals surface area (Å²) in [6.45, 7) is -0.791. The molecule has 0 heterocycles. The van der Waals surface area contributed by atoms with Crippen LogP contribution in [-0.4, -0.2) is 72.9 Å². The summed E-state index contributed by atoms with van der Waals surface area (Å²) in [6, 6.07) is 6.18. The molecule has 7 N–H and O–H groups in total. The van der Waals surface area contributed by atoms with E-state index in [0.717, 1.165) is 0 Å². The number of aliphatic hydroxyl groups excluding tert-OH is 6. The minimum atomic E-state index is -1.84. The van der Waals surface area contributed by atoms with Gasteiger partial charge in [0.15, 0.2) is 0 Å². The van der Waals surface area contributed by atoms with E-state index in [1.165, 1.54) is 12.1 Å². The molecule has 0 aliphatic carbocycles. The van der Waals surface area contributed by atoms with Gasteiger partial charge in [-0.2, -0.15) is 0 Å². The van der Waals surface area contributed by atoms with Crippen molar-refractivity contribution in [3.05, 3.63) is 29.8 Å². The lowest BCUT2D eigenvalue weighted by atomic mass is 9.95. The van der Waals surface area contributed by atoms with Crippen LogP contribution in [0.1, 0.15) is 5.56 Å². The van der Waals surface area contributed by atoms with E-state index in [4.69, 9.17) is 10.2 Å². The van der Waals surface area contributed by atoms with Gasteiger partial charge < -0.3 is 35.7 Å². The molecule has 1 unspecified atom stereocenters. The Bertz CT molecular complexity index is 411. The lowest BCUT2D eigenvalue weighted by Gasteiger charge is -2.28. The molecule has 7 nitrogen and oxygen atoms in total. The summed E-state index contributed by atoms with van der Waals surface area (Å²) in [6.07, 6.45) is -8.61. The van der Waals surface area contributed by atoms with Crippen molar-refractivity contribution in [3.63, 3.8) is 0 Å². The molecule has 7 heteroatoms. The number of phenols is 1. The van der Waals surface area contributed by atoms with Gasteiger partial charge in [-0.1, -0.05) is 18.2 Å². The van der Waals surface area contributed by atoms with Crippen LogP contribution in [0.2, 0.25) is 0 Å². The Balaban J connectivity index is 2.67. The maximum atomic E-state index is 9.79. The Hall–Kier alpha value is -1.22. The minimum Gasteiger partial charge on any atom is -0.508 e. The molecule has 114 valence electrons. The number of para-hydroxylation sites is 1. The fraction of sp³-hybridized carbons (Fsp3) is 0.538. The summed E-state index contributed by atoms with van der Waals surface area (Å²) >= 11 is 0. The summed E-state index contributed by atoms with van der Waals surface area (Å²) in [5.74, 6) is -0.0656. The lowest BCUT2D eigenvalue weighted by Crippen LogP contribution is -2.50. The Labute approximate surface area is 116 Å². The van der Waals surface area contributed by atoms with E-state index in [0.29, 0.717) is 5.56 Å². The normalized spacial score (nSPS) is 19.1. The average Bonchev–Trinajstić information content (AvgIpc) is 2.46. The highest BCUT2D eigenvalue weighted by molar-refractivity contribution is 5.32. The van der Waals surface area contributed by atoms with E-state index in [1.54, 1.807) is 12.1 Å². The zero-order valence-electron chi connectivity index (χ0n) is 10.7. The van der Waals surface area contributed by atoms with Crippen molar-refractivity contribution < 1.29 is 35.7 Å². The molecule has 0 bridgehead atoms. The first-order chi connectivity index (χ1) is 9.38. The van der Waals surface area contributed by atoms with Crippen LogP contribution in [0, 0.1) is 0 Å². The van der Waals surface area contributed by atoms with Gasteiger partial charge in [0.2, 0.25) is 0 Å². The first-order valence-electron chi connectivity index (χ1n) is 6.16. The van der Waals surface area contributed by atoms with Crippen molar-refractivity contribution in [1.29, 1.82) is 0 Å². The van der Waals surface area contributed by atoms with Gasteiger partial charge in [0, 0.05) is 6.42 Å². The molecular weight excluding hydrogens is 268 g/mol. The Kier molecular flexibility index (Phi) is 6.34. The molecule has 0 aliphatic rings. The molecule has 0 aromatic heterocycles. The topological polar surface area (TPSA) is 142 Å². The second-order valence-electron chi connectivity index (χ2n) is 4.62. The first-order valence-corrected chi connectivity index (χ1v) is 6.16. The van der Waals surface area contributed by atoms with Gasteiger partial charge in [-0.15, -0.1) is 0 Å². The quantitative estimate of drug-likeness (QED) is 0.300. The largest absolute Gasteiger partial charge is 0.508 e. The predicted octanol–water partition coefficient (Wildman–Crippen LogP) is -2.27. The molecule has 1 aromatic carbocycles. The van der Waals surface area contributed by atoms with Crippen LogP contribution in [0.5, 0.6) is 5.75 Å². The molecule has 0 saturated heterocycles. The van der Waals surface area contributed by atoms with E-state index in [2.05, 4.69) is 0 Å². The van der Waals surface area contributed by atoms with Crippen molar-refractivity contribution in [3.8, 4) is 5.75 Å². The summed E-state index contributed by atoms with van der Waals surface area (Å²) < 4.78 is 0. The summed E-state index contributed by atoms with van der Waals surface area (Å²) in [5.41, 5.74) is 0.364. The number of phenolic OH excluding ortho intramolecular Hbond substituents is 1. The third-order valence-electron chi connectivity index (χ3n) is 3.10. The number of benzene rings is 1. The van der Waals surface area contributed by atoms with Crippen molar-refractivity contribution >= 4 is 0 Å². The minimum absolute atomic E-state index is 0.0656. The second-order valence-corrected chi connectivity index (χ2v) is 4.62. The maximum Gasteiger partial charge on any atom is 0.118 e. The molecule has 5 atom stereocenters. The van der Waals surface area contributed by atoms with Crippen LogP contribution in [-0.2, 0) is 6.42 Å². The predicted molar refractivity (Wildman–Crippen MR) is 68.9 cm³/mol. The highest BCUT2D eigenvalue weighted by Gasteiger charge is 2.34. The van der Waals surface area contributed by atoms with Crippen molar-refractivity contribution in [2.45, 2.75) is 36.9 Å². The molecule has 0 fully saturated rings. The monoisotopic (exact) mass is 288 g/mol. The third-order valence-corrected chi connectivity index (χ3v) is 3.10. The number of hydrogen-bond donors (Lipinski definition) is 7. The van der Waals surface area contributed by atoms with E-state index < -0.39 is 37.1 Å². The number of aromatic hydroxyl groups is 1. The molecule has 0 amide bonds. The Morgan fingerprint density at radius 3 is 1.90 bits per heavy atom. The first kappa shape index (κ1) is 16.8. The number of aliphatic hydroxyl groups is 6. The van der Waals surface area contributed by atoms with Gasteiger partial charge in [0.25, 0.3) is 0 Å². The fourth-order valence-electron chi connectivity index (χ4n) is 1.79. The molecule has 1 rings (SSSR count). The fourth-order valence-corrected chi connectivity index (χ4v) is 1.79. The molecule has 0 spiro atoms. The summed E-state index contributed by atoms with van der Waals surface area (Å²) in [7, 11) is 0. The summed E-state index contributed by atoms with van der Waals surface area (Å²) in [5, 5.41) is 65.9. The summed E-state index contributed by atoms with van der Waals surface area (Å²) in [4.78, 5) is 0. The Morgan fingerprint density at radius 2 is 1.35 bits per heavy atom. The zero-order chi connectivity index (χ0) is 15.3. The van der Waals surface area contributed by atoms with Crippen LogP contribution in [0.4, 0.5) is 0 Å². The highest BCUT2D eigenvalue weighted by Crippen LogP contribution is 2.19. The maximum absolute atomic E-state index is 9.79. The van der Waals surface area contributed by atoms with Gasteiger partial charge in [-0.3, -0.25) is 0 Å². The van der Waals surface area contributed by atoms with Gasteiger partial charge >= 0.3 is 0 Å². The SMILES string of the molecule is OC[C@@H](O)[C@@H](O)[C@H](O)[C@H](O)C(O)Cc1ccccc1O. The third kappa shape index (κ3) is 4.14. The van der Waals surface area contributed by atoms with E-state index >= 15 is 0 Å². The van der Waals surface area contributed by atoms with Crippen LogP contribution < -0.4 is 0 Å². The molecule has 20 heavy (non-hydrogen) atoms. The standard InChI is InChI=1S/C13H20O7/c14-6-10(17)12(19)13(20)11(18)9(16)5-7-3-1-2-4-8(7)15/h1-4,9-20H,5-6H2/t9?,10-,11-,12-,13-/m1/s1. The highest BCUT2D eigenvalue weighted by atomic mass is 16.4. The smallest absolute Gasteiger partial charge is 0.118 e. The molecular formula is C13H20O7. The Morgan fingerprint density at radius 1 is 0.800 bits per heavy atom. The van der Waals surface area contributed by atoms with Gasteiger partial charge in [0.05, 0.1) is 12.7 Å².